The second-order valence-electron chi connectivity index (χ2n) is 3.11. The first-order valence-electron chi connectivity index (χ1n) is 4.87. The Hall–Kier alpha value is -1.27. The highest BCUT2D eigenvalue weighted by Crippen LogP contribution is 2.15. The van der Waals surface area contributed by atoms with Crippen molar-refractivity contribution in [2.45, 2.75) is 19.4 Å². The summed E-state index contributed by atoms with van der Waals surface area (Å²) in [5.41, 5.74) is 0. The highest BCUT2D eigenvalue weighted by molar-refractivity contribution is 7.09. The topological polar surface area (TPSA) is 66.5 Å². The highest BCUT2D eigenvalue weighted by atomic mass is 32.1. The molecule has 0 saturated heterocycles. The van der Waals surface area contributed by atoms with Crippen LogP contribution in [0.1, 0.15) is 23.8 Å². The third-order valence-corrected chi connectivity index (χ3v) is 2.88. The summed E-state index contributed by atoms with van der Waals surface area (Å²) in [6.45, 7) is 2.97. The minimum atomic E-state index is 0.170. The van der Waals surface area contributed by atoms with Crippen LogP contribution in [-0.2, 0) is 6.42 Å². The van der Waals surface area contributed by atoms with Gasteiger partial charge in [0.05, 0.1) is 11.0 Å². The standard InChI is InChI=1S/C9H13N5S/c1-2-10-7(9-12-6-13-14-9)5-8-11-3-4-15-8/h3-4,6-7,10H,2,5H2,1H3,(H,12,13,14). The fraction of sp³-hybridized carbons (Fsp3) is 0.444. The Kier molecular flexibility index (Phi) is 3.41. The smallest absolute Gasteiger partial charge is 0.141 e. The van der Waals surface area contributed by atoms with E-state index in [2.05, 4.69) is 32.4 Å². The van der Waals surface area contributed by atoms with Crippen LogP contribution in [-0.4, -0.2) is 26.7 Å². The number of aromatic nitrogens is 4. The number of hydrogen-bond donors (Lipinski definition) is 2. The molecule has 15 heavy (non-hydrogen) atoms. The Morgan fingerprint density at radius 3 is 3.07 bits per heavy atom. The first-order valence-corrected chi connectivity index (χ1v) is 5.75. The number of aromatic amines is 1. The van der Waals surface area contributed by atoms with E-state index in [1.165, 1.54) is 6.33 Å². The van der Waals surface area contributed by atoms with Crippen molar-refractivity contribution in [1.29, 1.82) is 0 Å². The third kappa shape index (κ3) is 2.60. The number of likely N-dealkylation sites (N-methyl/N-ethyl adjacent to an activating group) is 1. The number of H-pyrrole nitrogens is 1. The Balaban J connectivity index is 2.07. The van der Waals surface area contributed by atoms with Gasteiger partial charge in [-0.15, -0.1) is 11.3 Å². The van der Waals surface area contributed by atoms with Crippen molar-refractivity contribution in [3.05, 3.63) is 28.7 Å². The largest absolute Gasteiger partial charge is 0.307 e. The lowest BCUT2D eigenvalue weighted by Crippen LogP contribution is -2.24. The van der Waals surface area contributed by atoms with E-state index in [-0.39, 0.29) is 6.04 Å². The van der Waals surface area contributed by atoms with Crippen LogP contribution in [0.5, 0.6) is 0 Å². The van der Waals surface area contributed by atoms with Gasteiger partial charge in [-0.1, -0.05) is 6.92 Å². The van der Waals surface area contributed by atoms with Gasteiger partial charge in [-0.25, -0.2) is 9.97 Å². The lowest BCUT2D eigenvalue weighted by molar-refractivity contribution is 0.522. The Morgan fingerprint density at radius 1 is 1.53 bits per heavy atom. The predicted octanol–water partition coefficient (Wildman–Crippen LogP) is 1.15. The lowest BCUT2D eigenvalue weighted by atomic mass is 10.2. The van der Waals surface area contributed by atoms with Crippen LogP contribution < -0.4 is 5.32 Å². The van der Waals surface area contributed by atoms with E-state index in [1.807, 2.05) is 11.6 Å². The van der Waals surface area contributed by atoms with Gasteiger partial charge >= 0.3 is 0 Å². The van der Waals surface area contributed by atoms with Gasteiger partial charge in [0.15, 0.2) is 0 Å². The number of rotatable bonds is 5. The van der Waals surface area contributed by atoms with Gasteiger partial charge in [-0.05, 0) is 6.54 Å². The van der Waals surface area contributed by atoms with Crippen LogP contribution in [0.4, 0.5) is 0 Å². The van der Waals surface area contributed by atoms with Crippen molar-refractivity contribution in [3.63, 3.8) is 0 Å². The monoisotopic (exact) mass is 223 g/mol. The average molecular weight is 223 g/mol. The van der Waals surface area contributed by atoms with Gasteiger partial charge in [-0.3, -0.25) is 5.10 Å². The van der Waals surface area contributed by atoms with E-state index in [9.17, 15) is 0 Å². The van der Waals surface area contributed by atoms with Crippen LogP contribution in [0.25, 0.3) is 0 Å². The molecule has 5 nitrogen and oxygen atoms in total. The highest BCUT2D eigenvalue weighted by Gasteiger charge is 2.14. The molecule has 80 valence electrons. The van der Waals surface area contributed by atoms with Crippen LogP contribution in [0.3, 0.4) is 0 Å². The molecule has 2 heterocycles. The first kappa shape index (κ1) is 10.3. The summed E-state index contributed by atoms with van der Waals surface area (Å²) < 4.78 is 0. The van der Waals surface area contributed by atoms with Crippen LogP contribution in [0.2, 0.25) is 0 Å². The minimum absolute atomic E-state index is 0.170. The molecule has 2 rings (SSSR count). The molecule has 2 N–H and O–H groups in total. The average Bonchev–Trinajstić information content (AvgIpc) is 2.89. The summed E-state index contributed by atoms with van der Waals surface area (Å²) in [6.07, 6.45) is 4.20. The zero-order chi connectivity index (χ0) is 10.5. The van der Waals surface area contributed by atoms with Crippen molar-refractivity contribution in [2.24, 2.45) is 0 Å². The van der Waals surface area contributed by atoms with Gasteiger partial charge in [0.1, 0.15) is 12.2 Å². The zero-order valence-corrected chi connectivity index (χ0v) is 9.29. The molecule has 0 amide bonds. The molecule has 0 radical (unpaired) electrons. The Labute approximate surface area is 92.0 Å². The second kappa shape index (κ2) is 4.99. The van der Waals surface area contributed by atoms with Crippen LogP contribution in [0.15, 0.2) is 17.9 Å². The van der Waals surface area contributed by atoms with Crippen molar-refractivity contribution in [3.8, 4) is 0 Å². The molecule has 0 aliphatic heterocycles. The molecule has 0 spiro atoms. The van der Waals surface area contributed by atoms with E-state index < -0.39 is 0 Å². The van der Waals surface area contributed by atoms with Gasteiger partial charge in [0.2, 0.25) is 0 Å². The third-order valence-electron chi connectivity index (χ3n) is 2.08. The minimum Gasteiger partial charge on any atom is -0.307 e. The van der Waals surface area contributed by atoms with Crippen LogP contribution >= 0.6 is 11.3 Å². The van der Waals surface area contributed by atoms with E-state index >= 15 is 0 Å². The molecular weight excluding hydrogens is 210 g/mol. The van der Waals surface area contributed by atoms with E-state index in [0.29, 0.717) is 0 Å². The maximum absolute atomic E-state index is 4.26. The maximum Gasteiger partial charge on any atom is 0.141 e. The maximum atomic E-state index is 4.26. The summed E-state index contributed by atoms with van der Waals surface area (Å²) in [6, 6.07) is 0.170. The molecule has 0 aliphatic carbocycles. The summed E-state index contributed by atoms with van der Waals surface area (Å²) in [4.78, 5) is 8.43. The van der Waals surface area contributed by atoms with Crippen molar-refractivity contribution < 1.29 is 0 Å². The van der Waals surface area contributed by atoms with E-state index in [4.69, 9.17) is 0 Å². The molecule has 6 heteroatoms. The summed E-state index contributed by atoms with van der Waals surface area (Å²) in [5.74, 6) is 0.868. The fourth-order valence-corrected chi connectivity index (χ4v) is 2.09. The SMILES string of the molecule is CCNC(Cc1nccs1)c1ncn[nH]1. The Morgan fingerprint density at radius 2 is 2.47 bits per heavy atom. The summed E-state index contributed by atoms with van der Waals surface area (Å²) >= 11 is 1.66. The summed E-state index contributed by atoms with van der Waals surface area (Å²) in [5, 5.41) is 13.2. The number of nitrogens with one attached hydrogen (secondary N) is 2. The number of thiazole rings is 1. The van der Waals surface area contributed by atoms with Gasteiger partial charge in [0, 0.05) is 18.0 Å². The van der Waals surface area contributed by atoms with Gasteiger partial charge < -0.3 is 5.32 Å². The molecule has 0 saturated carbocycles. The second-order valence-corrected chi connectivity index (χ2v) is 4.09. The first-order chi connectivity index (χ1) is 7.40. The molecule has 0 fully saturated rings. The van der Waals surface area contributed by atoms with E-state index in [1.54, 1.807) is 11.3 Å². The predicted molar refractivity (Wildman–Crippen MR) is 58.6 cm³/mol. The molecule has 2 aromatic heterocycles. The summed E-state index contributed by atoms with van der Waals surface area (Å²) in [7, 11) is 0. The number of hydrogen-bond acceptors (Lipinski definition) is 5. The fourth-order valence-electron chi connectivity index (χ4n) is 1.42. The molecule has 0 aliphatic rings. The van der Waals surface area contributed by atoms with Crippen molar-refractivity contribution in [2.75, 3.05) is 6.54 Å². The van der Waals surface area contributed by atoms with Crippen LogP contribution in [0, 0.1) is 0 Å². The van der Waals surface area contributed by atoms with Crippen molar-refractivity contribution >= 4 is 11.3 Å². The van der Waals surface area contributed by atoms with Crippen molar-refractivity contribution in [1.82, 2.24) is 25.5 Å². The normalized spacial score (nSPS) is 12.9. The molecule has 0 aromatic carbocycles. The quantitative estimate of drug-likeness (QED) is 0.798. The molecule has 2 aromatic rings. The number of nitrogens with zero attached hydrogens (tertiary/aromatic N) is 3. The van der Waals surface area contributed by atoms with E-state index in [0.717, 1.165) is 23.8 Å². The van der Waals surface area contributed by atoms with Gasteiger partial charge in [-0.2, -0.15) is 5.10 Å². The lowest BCUT2D eigenvalue weighted by Gasteiger charge is -2.12. The molecular formula is C9H13N5S. The molecule has 0 bridgehead atoms. The molecule has 1 atom stereocenters. The van der Waals surface area contributed by atoms with Gasteiger partial charge in [0.25, 0.3) is 0 Å². The molecule has 1 unspecified atom stereocenters. The Bertz CT molecular complexity index is 369. The zero-order valence-electron chi connectivity index (χ0n) is 8.47.